The Labute approximate surface area is 181 Å². The number of methoxy groups -OCH3 is 2. The van der Waals surface area contributed by atoms with Crippen LogP contribution in [0.3, 0.4) is 0 Å². The van der Waals surface area contributed by atoms with E-state index >= 15 is 0 Å². The third-order valence-electron chi connectivity index (χ3n) is 5.07. The second-order valence-corrected chi connectivity index (χ2v) is 7.30. The summed E-state index contributed by atoms with van der Waals surface area (Å²) in [5.41, 5.74) is 4.13. The molecule has 1 N–H and O–H groups in total. The van der Waals surface area contributed by atoms with Crippen LogP contribution in [-0.4, -0.2) is 30.1 Å². The molecule has 6 heteroatoms. The number of hydrazone groups is 1. The van der Waals surface area contributed by atoms with Crippen LogP contribution in [0.5, 0.6) is 11.5 Å². The van der Waals surface area contributed by atoms with Crippen molar-refractivity contribution in [1.29, 1.82) is 0 Å². The molecule has 4 rings (SSSR count). The Morgan fingerprint density at radius 1 is 0.900 bits per heavy atom. The molecule has 3 aromatic rings. The Bertz CT molecular complexity index is 1030. The Balaban J connectivity index is 1.61. The third-order valence-corrected chi connectivity index (χ3v) is 5.36. The average molecular weight is 418 g/mol. The number of benzene rings is 3. The number of hydrogen-bond acceptors (Lipinski definition) is 4. The van der Waals surface area contributed by atoms with Crippen molar-refractivity contribution in [2.24, 2.45) is 5.10 Å². The SMILES string of the molecule is COc1ccc(NC(=S)N2N=C(c3ccccc3)CC2c2ccc(OC)cc2)cc1. The van der Waals surface area contributed by atoms with Crippen molar-refractivity contribution in [3.63, 3.8) is 0 Å². The van der Waals surface area contributed by atoms with Gasteiger partial charge in [-0.15, -0.1) is 0 Å². The van der Waals surface area contributed by atoms with Crippen LogP contribution < -0.4 is 14.8 Å². The standard InChI is InChI=1S/C24H23N3O2S/c1-28-20-12-8-18(9-13-20)23-16-22(17-6-4-3-5-7-17)26-27(23)24(30)25-19-10-14-21(29-2)15-11-19/h3-15,23H,16H2,1-2H3,(H,25,30). The van der Waals surface area contributed by atoms with E-state index in [-0.39, 0.29) is 6.04 Å². The molecule has 0 radical (unpaired) electrons. The Hall–Kier alpha value is -3.38. The van der Waals surface area contributed by atoms with E-state index in [0.29, 0.717) is 5.11 Å². The molecule has 1 heterocycles. The highest BCUT2D eigenvalue weighted by Crippen LogP contribution is 2.34. The predicted molar refractivity (Wildman–Crippen MR) is 124 cm³/mol. The minimum Gasteiger partial charge on any atom is -0.497 e. The molecule has 5 nitrogen and oxygen atoms in total. The lowest BCUT2D eigenvalue weighted by molar-refractivity contribution is 0.374. The highest BCUT2D eigenvalue weighted by atomic mass is 32.1. The summed E-state index contributed by atoms with van der Waals surface area (Å²) in [5.74, 6) is 1.62. The first kappa shape index (κ1) is 19.9. The van der Waals surface area contributed by atoms with Gasteiger partial charge in [-0.1, -0.05) is 42.5 Å². The average Bonchev–Trinajstić information content (AvgIpc) is 3.26. The van der Waals surface area contributed by atoms with Crippen LogP contribution >= 0.6 is 12.2 Å². The van der Waals surface area contributed by atoms with Gasteiger partial charge < -0.3 is 14.8 Å². The first-order chi connectivity index (χ1) is 14.7. The molecule has 0 amide bonds. The molecule has 152 valence electrons. The van der Waals surface area contributed by atoms with Gasteiger partial charge in [0.25, 0.3) is 0 Å². The highest BCUT2D eigenvalue weighted by molar-refractivity contribution is 7.80. The molecule has 0 fully saturated rings. The van der Waals surface area contributed by atoms with Crippen LogP contribution in [0.1, 0.15) is 23.6 Å². The fraction of sp³-hybridized carbons (Fsp3) is 0.167. The van der Waals surface area contributed by atoms with E-state index in [9.17, 15) is 0 Å². The van der Waals surface area contributed by atoms with Crippen molar-refractivity contribution in [3.05, 3.63) is 90.0 Å². The summed E-state index contributed by atoms with van der Waals surface area (Å²) >= 11 is 5.74. The molecule has 0 spiro atoms. The van der Waals surface area contributed by atoms with Crippen molar-refractivity contribution in [1.82, 2.24) is 5.01 Å². The minimum atomic E-state index is 0.00404. The summed E-state index contributed by atoms with van der Waals surface area (Å²) in [6.07, 6.45) is 0.765. The molecule has 0 aliphatic carbocycles. The smallest absolute Gasteiger partial charge is 0.194 e. The van der Waals surface area contributed by atoms with Crippen LogP contribution in [0.2, 0.25) is 0 Å². The van der Waals surface area contributed by atoms with Gasteiger partial charge in [0.05, 0.1) is 26.0 Å². The molecule has 0 aromatic heterocycles. The normalized spacial score (nSPS) is 15.5. The Morgan fingerprint density at radius 2 is 1.50 bits per heavy atom. The summed E-state index contributed by atoms with van der Waals surface area (Å²) in [4.78, 5) is 0. The monoisotopic (exact) mass is 417 g/mol. The molecule has 1 aliphatic heterocycles. The van der Waals surface area contributed by atoms with Crippen molar-refractivity contribution in [2.75, 3.05) is 19.5 Å². The lowest BCUT2D eigenvalue weighted by Crippen LogP contribution is -2.31. The fourth-order valence-electron chi connectivity index (χ4n) is 3.44. The van der Waals surface area contributed by atoms with E-state index in [1.807, 2.05) is 59.6 Å². The first-order valence-corrected chi connectivity index (χ1v) is 10.1. The van der Waals surface area contributed by atoms with E-state index in [4.69, 9.17) is 26.8 Å². The number of anilines is 1. The van der Waals surface area contributed by atoms with E-state index in [1.54, 1.807) is 14.2 Å². The van der Waals surface area contributed by atoms with Gasteiger partial charge in [-0.05, 0) is 59.7 Å². The molecular formula is C24H23N3O2S. The number of ether oxygens (including phenoxy) is 2. The van der Waals surface area contributed by atoms with Crippen LogP contribution in [0, 0.1) is 0 Å². The van der Waals surface area contributed by atoms with E-state index in [1.165, 1.54) is 0 Å². The molecule has 0 saturated heterocycles. The van der Waals surface area contributed by atoms with E-state index in [0.717, 1.165) is 40.4 Å². The van der Waals surface area contributed by atoms with Crippen LogP contribution in [0.25, 0.3) is 0 Å². The highest BCUT2D eigenvalue weighted by Gasteiger charge is 2.31. The predicted octanol–water partition coefficient (Wildman–Crippen LogP) is 5.25. The second-order valence-electron chi connectivity index (χ2n) is 6.91. The minimum absolute atomic E-state index is 0.00404. The number of hydrogen-bond donors (Lipinski definition) is 1. The second kappa shape index (κ2) is 8.97. The molecule has 30 heavy (non-hydrogen) atoms. The lowest BCUT2D eigenvalue weighted by Gasteiger charge is -2.25. The maximum Gasteiger partial charge on any atom is 0.194 e. The van der Waals surface area contributed by atoms with Crippen LogP contribution in [0.15, 0.2) is 84.0 Å². The van der Waals surface area contributed by atoms with Gasteiger partial charge in [-0.3, -0.25) is 0 Å². The van der Waals surface area contributed by atoms with Gasteiger partial charge in [0, 0.05) is 12.1 Å². The first-order valence-electron chi connectivity index (χ1n) is 9.69. The lowest BCUT2D eigenvalue weighted by atomic mass is 9.98. The Kier molecular flexibility index (Phi) is 5.95. The van der Waals surface area contributed by atoms with Gasteiger partial charge in [-0.25, -0.2) is 5.01 Å². The van der Waals surface area contributed by atoms with Gasteiger partial charge in [-0.2, -0.15) is 5.10 Å². The Morgan fingerprint density at radius 3 is 2.10 bits per heavy atom. The summed E-state index contributed by atoms with van der Waals surface area (Å²) in [5, 5.41) is 10.6. The van der Waals surface area contributed by atoms with Gasteiger partial charge in [0.2, 0.25) is 0 Å². The zero-order chi connectivity index (χ0) is 20.9. The van der Waals surface area contributed by atoms with Crippen molar-refractivity contribution < 1.29 is 9.47 Å². The third kappa shape index (κ3) is 4.28. The van der Waals surface area contributed by atoms with Gasteiger partial charge in [0.15, 0.2) is 5.11 Å². The molecular weight excluding hydrogens is 394 g/mol. The molecule has 0 bridgehead atoms. The summed E-state index contributed by atoms with van der Waals surface area (Å²) in [6, 6.07) is 25.9. The fourth-order valence-corrected chi connectivity index (χ4v) is 3.73. The molecule has 1 unspecified atom stereocenters. The van der Waals surface area contributed by atoms with Crippen LogP contribution in [-0.2, 0) is 0 Å². The summed E-state index contributed by atoms with van der Waals surface area (Å²) in [7, 11) is 3.32. The van der Waals surface area contributed by atoms with Crippen molar-refractivity contribution in [2.45, 2.75) is 12.5 Å². The molecule has 3 aromatic carbocycles. The van der Waals surface area contributed by atoms with Gasteiger partial charge in [0.1, 0.15) is 11.5 Å². The quantitative estimate of drug-likeness (QED) is 0.575. The largest absolute Gasteiger partial charge is 0.497 e. The number of rotatable bonds is 5. The summed E-state index contributed by atoms with van der Waals surface area (Å²) in [6.45, 7) is 0. The van der Waals surface area contributed by atoms with Crippen molar-refractivity contribution >= 4 is 28.7 Å². The van der Waals surface area contributed by atoms with Gasteiger partial charge >= 0.3 is 0 Å². The maximum atomic E-state index is 5.74. The van der Waals surface area contributed by atoms with E-state index < -0.39 is 0 Å². The zero-order valence-corrected chi connectivity index (χ0v) is 17.7. The molecule has 1 atom stereocenters. The van der Waals surface area contributed by atoms with E-state index in [2.05, 4.69) is 29.6 Å². The van der Waals surface area contributed by atoms with Crippen molar-refractivity contribution in [3.8, 4) is 11.5 Å². The molecule has 0 saturated carbocycles. The number of nitrogens with one attached hydrogen (secondary N) is 1. The number of thiocarbonyl (C=S) groups is 1. The van der Waals surface area contributed by atoms with Crippen LogP contribution in [0.4, 0.5) is 5.69 Å². The zero-order valence-electron chi connectivity index (χ0n) is 16.9. The molecule has 1 aliphatic rings. The topological polar surface area (TPSA) is 46.1 Å². The number of nitrogens with zero attached hydrogens (tertiary/aromatic N) is 2. The maximum absolute atomic E-state index is 5.74. The summed E-state index contributed by atoms with van der Waals surface area (Å²) < 4.78 is 10.5.